The van der Waals surface area contributed by atoms with Gasteiger partial charge >= 0.3 is 0 Å². The normalized spacial score (nSPS) is 14.5. The van der Waals surface area contributed by atoms with Gasteiger partial charge in [-0.05, 0) is 49.6 Å². The van der Waals surface area contributed by atoms with Crippen molar-refractivity contribution in [3.63, 3.8) is 0 Å². The maximum atomic E-state index is 10.1. The van der Waals surface area contributed by atoms with Crippen molar-refractivity contribution in [2.45, 2.75) is 46.1 Å². The summed E-state index contributed by atoms with van der Waals surface area (Å²) in [4.78, 5) is 0. The Morgan fingerprint density at radius 1 is 1.37 bits per heavy atom. The average Bonchev–Trinajstić information content (AvgIpc) is 2.34. The first-order chi connectivity index (χ1) is 8.85. The van der Waals surface area contributed by atoms with E-state index >= 15 is 0 Å². The van der Waals surface area contributed by atoms with Crippen molar-refractivity contribution < 1.29 is 9.84 Å². The number of likely N-dealkylation sites (N-methyl/N-ethyl adjacent to an activating group) is 1. The molecule has 108 valence electrons. The predicted octanol–water partition coefficient (Wildman–Crippen LogP) is 2.86. The summed E-state index contributed by atoms with van der Waals surface area (Å²) in [6.45, 7) is 11.9. The van der Waals surface area contributed by atoms with Crippen LogP contribution in [-0.2, 0) is 0 Å². The summed E-state index contributed by atoms with van der Waals surface area (Å²) < 4.78 is 5.69. The molecule has 19 heavy (non-hydrogen) atoms. The molecule has 1 aromatic rings. The quantitative estimate of drug-likeness (QED) is 0.796. The molecule has 0 saturated heterocycles. The lowest BCUT2D eigenvalue weighted by atomic mass is 9.98. The highest BCUT2D eigenvalue weighted by Crippen LogP contribution is 2.23. The third kappa shape index (κ3) is 5.21. The van der Waals surface area contributed by atoms with Crippen LogP contribution < -0.4 is 10.1 Å². The number of rotatable bonds is 7. The van der Waals surface area contributed by atoms with E-state index in [2.05, 4.69) is 32.2 Å². The van der Waals surface area contributed by atoms with E-state index in [1.54, 1.807) is 6.92 Å². The van der Waals surface area contributed by atoms with Crippen LogP contribution in [0.3, 0.4) is 0 Å². The molecule has 0 bridgehead atoms. The van der Waals surface area contributed by atoms with E-state index in [4.69, 9.17) is 4.74 Å². The summed E-state index contributed by atoms with van der Waals surface area (Å²) in [7, 11) is 0. The minimum atomic E-state index is -0.847. The lowest BCUT2D eigenvalue weighted by molar-refractivity contribution is 0.0127. The zero-order chi connectivity index (χ0) is 14.5. The SMILES string of the molecule is CCNCC(C)(O)COc1ccc(C(C)C)c(C)c1. The maximum absolute atomic E-state index is 10.1. The molecule has 0 fully saturated rings. The van der Waals surface area contributed by atoms with E-state index < -0.39 is 5.60 Å². The Hall–Kier alpha value is -1.06. The first kappa shape index (κ1) is 16.0. The molecule has 0 spiro atoms. The maximum Gasteiger partial charge on any atom is 0.119 e. The van der Waals surface area contributed by atoms with Crippen molar-refractivity contribution in [1.29, 1.82) is 0 Å². The summed E-state index contributed by atoms with van der Waals surface area (Å²) in [5.41, 5.74) is 1.73. The molecule has 0 heterocycles. The largest absolute Gasteiger partial charge is 0.491 e. The minimum Gasteiger partial charge on any atom is -0.491 e. The molecule has 1 rings (SSSR count). The number of ether oxygens (including phenoxy) is 1. The number of nitrogens with one attached hydrogen (secondary N) is 1. The molecular formula is C16H27NO2. The Morgan fingerprint density at radius 3 is 2.58 bits per heavy atom. The van der Waals surface area contributed by atoms with Gasteiger partial charge in [-0.15, -0.1) is 0 Å². The first-order valence-electron chi connectivity index (χ1n) is 7.02. The van der Waals surface area contributed by atoms with E-state index in [0.29, 0.717) is 19.1 Å². The van der Waals surface area contributed by atoms with Gasteiger partial charge in [-0.3, -0.25) is 0 Å². The van der Waals surface area contributed by atoms with Crippen LogP contribution in [0.2, 0.25) is 0 Å². The number of benzene rings is 1. The molecule has 0 aliphatic carbocycles. The summed E-state index contributed by atoms with van der Waals surface area (Å²) in [5, 5.41) is 13.3. The van der Waals surface area contributed by atoms with Gasteiger partial charge in [0.1, 0.15) is 18.0 Å². The monoisotopic (exact) mass is 265 g/mol. The molecule has 3 nitrogen and oxygen atoms in total. The van der Waals surface area contributed by atoms with Crippen molar-refractivity contribution >= 4 is 0 Å². The molecule has 0 amide bonds. The highest BCUT2D eigenvalue weighted by atomic mass is 16.5. The van der Waals surface area contributed by atoms with Gasteiger partial charge < -0.3 is 15.2 Å². The summed E-state index contributed by atoms with van der Waals surface area (Å²) in [5.74, 6) is 1.34. The van der Waals surface area contributed by atoms with Gasteiger partial charge in [0.2, 0.25) is 0 Å². The zero-order valence-electron chi connectivity index (χ0n) is 12.8. The second-order valence-corrected chi connectivity index (χ2v) is 5.74. The predicted molar refractivity (Wildman–Crippen MR) is 79.9 cm³/mol. The fourth-order valence-corrected chi connectivity index (χ4v) is 2.07. The Kier molecular flexibility index (Phi) is 5.83. The topological polar surface area (TPSA) is 41.5 Å². The van der Waals surface area contributed by atoms with E-state index in [1.807, 2.05) is 19.1 Å². The number of aliphatic hydroxyl groups is 1. The highest BCUT2D eigenvalue weighted by Gasteiger charge is 2.20. The Morgan fingerprint density at radius 2 is 2.05 bits per heavy atom. The third-order valence-electron chi connectivity index (χ3n) is 3.17. The van der Waals surface area contributed by atoms with Gasteiger partial charge in [0.25, 0.3) is 0 Å². The van der Waals surface area contributed by atoms with Crippen LogP contribution in [0.25, 0.3) is 0 Å². The van der Waals surface area contributed by atoms with Crippen molar-refractivity contribution in [2.75, 3.05) is 19.7 Å². The van der Waals surface area contributed by atoms with Crippen LogP contribution in [0.1, 0.15) is 44.7 Å². The number of hydrogen-bond donors (Lipinski definition) is 2. The van der Waals surface area contributed by atoms with Crippen molar-refractivity contribution in [2.24, 2.45) is 0 Å². The molecular weight excluding hydrogens is 238 g/mol. The van der Waals surface area contributed by atoms with Gasteiger partial charge in [-0.1, -0.05) is 26.8 Å². The highest BCUT2D eigenvalue weighted by molar-refractivity contribution is 5.36. The van der Waals surface area contributed by atoms with Crippen LogP contribution in [0.5, 0.6) is 5.75 Å². The summed E-state index contributed by atoms with van der Waals surface area (Å²) >= 11 is 0. The van der Waals surface area contributed by atoms with Crippen LogP contribution >= 0.6 is 0 Å². The van der Waals surface area contributed by atoms with Gasteiger partial charge in [0.05, 0.1) is 0 Å². The van der Waals surface area contributed by atoms with E-state index in [-0.39, 0.29) is 0 Å². The van der Waals surface area contributed by atoms with Crippen LogP contribution in [0.4, 0.5) is 0 Å². The van der Waals surface area contributed by atoms with Crippen molar-refractivity contribution in [3.05, 3.63) is 29.3 Å². The minimum absolute atomic E-state index is 0.292. The summed E-state index contributed by atoms with van der Waals surface area (Å²) in [6.07, 6.45) is 0. The fraction of sp³-hybridized carbons (Fsp3) is 0.625. The molecule has 1 aromatic carbocycles. The third-order valence-corrected chi connectivity index (χ3v) is 3.17. The molecule has 0 radical (unpaired) electrons. The smallest absolute Gasteiger partial charge is 0.119 e. The number of aryl methyl sites for hydroxylation is 1. The van der Waals surface area contributed by atoms with Gasteiger partial charge in [0.15, 0.2) is 0 Å². The molecule has 0 saturated carbocycles. The standard InChI is InChI=1S/C16H27NO2/c1-6-17-10-16(5,18)11-19-14-7-8-15(12(2)3)13(4)9-14/h7-9,12,17-18H,6,10-11H2,1-5H3. The number of hydrogen-bond acceptors (Lipinski definition) is 3. The van der Waals surface area contributed by atoms with Crippen molar-refractivity contribution in [1.82, 2.24) is 5.32 Å². The molecule has 1 atom stereocenters. The second kappa shape index (κ2) is 6.92. The first-order valence-corrected chi connectivity index (χ1v) is 7.02. The van der Waals surface area contributed by atoms with Crippen LogP contribution in [0, 0.1) is 6.92 Å². The summed E-state index contributed by atoms with van der Waals surface area (Å²) in [6, 6.07) is 6.12. The lowest BCUT2D eigenvalue weighted by Crippen LogP contribution is -2.42. The van der Waals surface area contributed by atoms with E-state index in [9.17, 15) is 5.11 Å². The molecule has 0 aliphatic heterocycles. The molecule has 0 aliphatic rings. The Balaban J connectivity index is 2.61. The van der Waals surface area contributed by atoms with Crippen molar-refractivity contribution in [3.8, 4) is 5.75 Å². The van der Waals surface area contributed by atoms with E-state index in [1.165, 1.54) is 11.1 Å². The van der Waals surface area contributed by atoms with E-state index in [0.717, 1.165) is 12.3 Å². The lowest BCUT2D eigenvalue weighted by Gasteiger charge is -2.24. The second-order valence-electron chi connectivity index (χ2n) is 5.74. The Bertz CT molecular complexity index is 400. The van der Waals surface area contributed by atoms with Gasteiger partial charge in [-0.25, -0.2) is 0 Å². The average molecular weight is 265 g/mol. The van der Waals surface area contributed by atoms with Crippen LogP contribution in [-0.4, -0.2) is 30.4 Å². The zero-order valence-corrected chi connectivity index (χ0v) is 12.8. The fourth-order valence-electron chi connectivity index (χ4n) is 2.07. The van der Waals surface area contributed by atoms with Gasteiger partial charge in [0, 0.05) is 6.54 Å². The van der Waals surface area contributed by atoms with Crippen LogP contribution in [0.15, 0.2) is 18.2 Å². The Labute approximate surface area is 117 Å². The molecule has 3 heteroatoms. The molecule has 0 aromatic heterocycles. The molecule has 2 N–H and O–H groups in total. The molecule has 1 unspecified atom stereocenters. The van der Waals surface area contributed by atoms with Gasteiger partial charge in [-0.2, -0.15) is 0 Å².